The molecule has 6 heteroatoms. The molecular formula is C13H23N5O. The highest BCUT2D eigenvalue weighted by molar-refractivity contribution is 5.38. The summed E-state index contributed by atoms with van der Waals surface area (Å²) >= 11 is 0. The number of aryl methyl sites for hydroxylation is 1. The largest absolute Gasteiger partial charge is 0.481 e. The van der Waals surface area contributed by atoms with Gasteiger partial charge in [0.25, 0.3) is 0 Å². The molecule has 1 aliphatic rings. The summed E-state index contributed by atoms with van der Waals surface area (Å²) in [6, 6.07) is 1.83. The molecule has 1 saturated heterocycles. The molecule has 2 heterocycles. The number of rotatable bonds is 5. The summed E-state index contributed by atoms with van der Waals surface area (Å²) in [6.07, 6.45) is 0. The second-order valence-corrected chi connectivity index (χ2v) is 4.91. The van der Waals surface area contributed by atoms with E-state index >= 15 is 0 Å². The van der Waals surface area contributed by atoms with E-state index in [9.17, 15) is 0 Å². The predicted molar refractivity (Wildman–Crippen MR) is 75.7 cm³/mol. The van der Waals surface area contributed by atoms with Crippen molar-refractivity contribution >= 4 is 5.82 Å². The molecule has 0 saturated carbocycles. The Hall–Kier alpha value is -1.40. The van der Waals surface area contributed by atoms with Crippen LogP contribution in [0.1, 0.15) is 5.82 Å². The maximum Gasteiger partial charge on any atom is 0.218 e. The summed E-state index contributed by atoms with van der Waals surface area (Å²) in [7, 11) is 3.79. The van der Waals surface area contributed by atoms with Crippen LogP contribution in [0, 0.1) is 6.92 Å². The molecule has 0 radical (unpaired) electrons. The number of nitrogens with one attached hydrogen (secondary N) is 1. The number of piperazine rings is 1. The van der Waals surface area contributed by atoms with Gasteiger partial charge in [0.1, 0.15) is 11.6 Å². The lowest BCUT2D eigenvalue weighted by Gasteiger charge is -2.32. The standard InChI is InChI=1S/C13H23N5O/c1-11-15-12(10-13(16-11)19-3)14-4-5-18-8-6-17(2)7-9-18/h10H,4-9H2,1-3H3,(H,14,15,16). The van der Waals surface area contributed by atoms with Gasteiger partial charge in [0.2, 0.25) is 5.88 Å². The van der Waals surface area contributed by atoms with Gasteiger partial charge in [-0.05, 0) is 14.0 Å². The van der Waals surface area contributed by atoms with Gasteiger partial charge >= 0.3 is 0 Å². The molecule has 1 fully saturated rings. The summed E-state index contributed by atoms with van der Waals surface area (Å²) in [6.45, 7) is 8.40. The minimum absolute atomic E-state index is 0.606. The monoisotopic (exact) mass is 265 g/mol. The molecule has 6 nitrogen and oxygen atoms in total. The average molecular weight is 265 g/mol. The molecule has 1 aromatic heterocycles. The van der Waals surface area contributed by atoms with Gasteiger partial charge in [-0.3, -0.25) is 4.90 Å². The van der Waals surface area contributed by atoms with E-state index in [0.29, 0.717) is 5.88 Å². The topological polar surface area (TPSA) is 53.5 Å². The Morgan fingerprint density at radius 3 is 2.68 bits per heavy atom. The zero-order valence-electron chi connectivity index (χ0n) is 12.0. The summed E-state index contributed by atoms with van der Waals surface area (Å²) in [5, 5.41) is 3.33. The number of anilines is 1. The van der Waals surface area contributed by atoms with E-state index in [1.807, 2.05) is 13.0 Å². The first-order valence-corrected chi connectivity index (χ1v) is 6.72. The van der Waals surface area contributed by atoms with E-state index in [1.165, 1.54) is 0 Å². The van der Waals surface area contributed by atoms with E-state index in [0.717, 1.165) is 50.9 Å². The van der Waals surface area contributed by atoms with Gasteiger partial charge in [-0.15, -0.1) is 0 Å². The highest BCUT2D eigenvalue weighted by atomic mass is 16.5. The Bertz CT molecular complexity index is 404. The van der Waals surface area contributed by atoms with Crippen LogP contribution in [0.4, 0.5) is 5.82 Å². The fourth-order valence-corrected chi connectivity index (χ4v) is 2.15. The normalized spacial score (nSPS) is 17.4. The Balaban J connectivity index is 1.77. The van der Waals surface area contributed by atoms with Crippen LogP contribution < -0.4 is 10.1 Å². The number of ether oxygens (including phenoxy) is 1. The molecule has 0 spiro atoms. The second-order valence-electron chi connectivity index (χ2n) is 4.91. The van der Waals surface area contributed by atoms with Crippen molar-refractivity contribution in [1.82, 2.24) is 19.8 Å². The van der Waals surface area contributed by atoms with Crippen molar-refractivity contribution in [1.29, 1.82) is 0 Å². The molecule has 1 aromatic rings. The smallest absolute Gasteiger partial charge is 0.218 e. The van der Waals surface area contributed by atoms with Gasteiger partial charge in [-0.1, -0.05) is 0 Å². The van der Waals surface area contributed by atoms with Crippen molar-refractivity contribution in [3.8, 4) is 5.88 Å². The van der Waals surface area contributed by atoms with Gasteiger partial charge < -0.3 is 15.0 Å². The summed E-state index contributed by atoms with van der Waals surface area (Å²) in [5.74, 6) is 2.16. The fourth-order valence-electron chi connectivity index (χ4n) is 2.15. The highest BCUT2D eigenvalue weighted by Crippen LogP contribution is 2.12. The minimum atomic E-state index is 0.606. The lowest BCUT2D eigenvalue weighted by Crippen LogP contribution is -2.45. The molecule has 0 atom stereocenters. The number of likely N-dealkylation sites (N-methyl/N-ethyl adjacent to an activating group) is 1. The Kier molecular flexibility index (Phi) is 4.93. The molecular weight excluding hydrogens is 242 g/mol. The van der Waals surface area contributed by atoms with E-state index in [2.05, 4.69) is 32.1 Å². The maximum atomic E-state index is 5.14. The third-order valence-corrected chi connectivity index (χ3v) is 3.35. The van der Waals surface area contributed by atoms with E-state index < -0.39 is 0 Å². The second kappa shape index (κ2) is 6.68. The Morgan fingerprint density at radius 2 is 2.00 bits per heavy atom. The molecule has 0 bridgehead atoms. The molecule has 1 aliphatic heterocycles. The minimum Gasteiger partial charge on any atom is -0.481 e. The number of hydrogen-bond acceptors (Lipinski definition) is 6. The van der Waals surface area contributed by atoms with Crippen molar-refractivity contribution in [2.24, 2.45) is 0 Å². The van der Waals surface area contributed by atoms with Gasteiger partial charge in [-0.2, -0.15) is 4.98 Å². The summed E-state index contributed by atoms with van der Waals surface area (Å²) < 4.78 is 5.14. The molecule has 0 aromatic carbocycles. The SMILES string of the molecule is COc1cc(NCCN2CCN(C)CC2)nc(C)n1. The predicted octanol–water partition coefficient (Wildman–Crippen LogP) is 0.453. The summed E-state index contributed by atoms with van der Waals surface area (Å²) in [5.41, 5.74) is 0. The van der Waals surface area contributed by atoms with Gasteiger partial charge in [0.05, 0.1) is 7.11 Å². The van der Waals surface area contributed by atoms with Crippen LogP contribution in [0.3, 0.4) is 0 Å². The highest BCUT2D eigenvalue weighted by Gasteiger charge is 2.12. The fraction of sp³-hybridized carbons (Fsp3) is 0.692. The third-order valence-electron chi connectivity index (χ3n) is 3.35. The van der Waals surface area contributed by atoms with E-state index in [-0.39, 0.29) is 0 Å². The first-order valence-electron chi connectivity index (χ1n) is 6.72. The molecule has 1 N–H and O–H groups in total. The molecule has 19 heavy (non-hydrogen) atoms. The molecule has 106 valence electrons. The van der Waals surface area contributed by atoms with Crippen LogP contribution in [-0.4, -0.2) is 73.2 Å². The van der Waals surface area contributed by atoms with Crippen molar-refractivity contribution in [2.75, 3.05) is 58.7 Å². The lowest BCUT2D eigenvalue weighted by atomic mass is 10.3. The van der Waals surface area contributed by atoms with Crippen LogP contribution in [-0.2, 0) is 0 Å². The van der Waals surface area contributed by atoms with Crippen LogP contribution in [0.15, 0.2) is 6.07 Å². The van der Waals surface area contributed by atoms with Gasteiger partial charge in [0, 0.05) is 45.3 Å². The first-order chi connectivity index (χ1) is 9.17. The van der Waals surface area contributed by atoms with Gasteiger partial charge in [0.15, 0.2) is 0 Å². The zero-order chi connectivity index (χ0) is 13.7. The maximum absolute atomic E-state index is 5.14. The van der Waals surface area contributed by atoms with Crippen LogP contribution in [0.25, 0.3) is 0 Å². The number of methoxy groups -OCH3 is 1. The number of nitrogens with zero attached hydrogens (tertiary/aromatic N) is 4. The number of hydrogen-bond donors (Lipinski definition) is 1. The average Bonchev–Trinajstić information content (AvgIpc) is 2.40. The quantitative estimate of drug-likeness (QED) is 0.834. The van der Waals surface area contributed by atoms with Crippen molar-refractivity contribution in [3.63, 3.8) is 0 Å². The van der Waals surface area contributed by atoms with Crippen molar-refractivity contribution in [2.45, 2.75) is 6.92 Å². The van der Waals surface area contributed by atoms with Crippen LogP contribution in [0.2, 0.25) is 0 Å². The molecule has 0 amide bonds. The molecule has 0 aliphatic carbocycles. The van der Waals surface area contributed by atoms with Crippen LogP contribution in [0.5, 0.6) is 5.88 Å². The van der Waals surface area contributed by atoms with E-state index in [1.54, 1.807) is 7.11 Å². The Labute approximate surface area is 114 Å². The first kappa shape index (κ1) is 14.0. The summed E-state index contributed by atoms with van der Waals surface area (Å²) in [4.78, 5) is 13.4. The van der Waals surface area contributed by atoms with E-state index in [4.69, 9.17) is 4.74 Å². The Morgan fingerprint density at radius 1 is 1.26 bits per heavy atom. The molecule has 2 rings (SSSR count). The van der Waals surface area contributed by atoms with Crippen molar-refractivity contribution in [3.05, 3.63) is 11.9 Å². The van der Waals surface area contributed by atoms with Crippen LogP contribution >= 0.6 is 0 Å². The zero-order valence-corrected chi connectivity index (χ0v) is 12.0. The molecule has 0 unspecified atom stereocenters. The number of aromatic nitrogens is 2. The third kappa shape index (κ3) is 4.33. The van der Waals surface area contributed by atoms with Gasteiger partial charge in [-0.25, -0.2) is 4.98 Å². The van der Waals surface area contributed by atoms with Crippen molar-refractivity contribution < 1.29 is 4.74 Å². The lowest BCUT2D eigenvalue weighted by molar-refractivity contribution is 0.158.